The molecule has 0 saturated heterocycles. The van der Waals surface area contributed by atoms with Crippen molar-refractivity contribution in [3.63, 3.8) is 0 Å². The lowest BCUT2D eigenvalue weighted by atomic mass is 9.89. The molecule has 20 heavy (non-hydrogen) atoms. The predicted octanol–water partition coefficient (Wildman–Crippen LogP) is 2.69. The fourth-order valence-electron chi connectivity index (χ4n) is 2.57. The summed E-state index contributed by atoms with van der Waals surface area (Å²) in [7, 11) is 3.02. The van der Waals surface area contributed by atoms with Crippen molar-refractivity contribution in [1.29, 1.82) is 0 Å². The van der Waals surface area contributed by atoms with Crippen LogP contribution in [0.15, 0.2) is 17.2 Å². The summed E-state index contributed by atoms with van der Waals surface area (Å²) in [5, 5.41) is 0. The van der Waals surface area contributed by atoms with Crippen LogP contribution in [0.3, 0.4) is 0 Å². The van der Waals surface area contributed by atoms with E-state index in [1.807, 2.05) is 0 Å². The minimum absolute atomic E-state index is 0.0859. The van der Waals surface area contributed by atoms with Gasteiger partial charge in [-0.25, -0.2) is 13.2 Å². The predicted molar refractivity (Wildman–Crippen MR) is 75.3 cm³/mol. The molecular formula is C13H18ClNO4S. The highest BCUT2D eigenvalue weighted by Crippen LogP contribution is 2.27. The average molecular weight is 320 g/mol. The van der Waals surface area contributed by atoms with Gasteiger partial charge in [0.1, 0.15) is 16.7 Å². The van der Waals surface area contributed by atoms with Crippen molar-refractivity contribution < 1.29 is 17.9 Å². The third kappa shape index (κ3) is 3.55. The van der Waals surface area contributed by atoms with E-state index in [0.717, 1.165) is 25.7 Å². The van der Waals surface area contributed by atoms with Crippen LogP contribution < -0.4 is 0 Å². The van der Waals surface area contributed by atoms with Gasteiger partial charge in [-0.05, 0) is 31.2 Å². The van der Waals surface area contributed by atoms with Gasteiger partial charge in [-0.2, -0.15) is 0 Å². The quantitative estimate of drug-likeness (QED) is 0.634. The summed E-state index contributed by atoms with van der Waals surface area (Å²) in [6.45, 7) is 2.14. The summed E-state index contributed by atoms with van der Waals surface area (Å²) in [5.74, 6) is 0.0481. The molecule has 112 valence electrons. The minimum atomic E-state index is -3.84. The van der Waals surface area contributed by atoms with Crippen LogP contribution in [-0.4, -0.2) is 25.1 Å². The van der Waals surface area contributed by atoms with Gasteiger partial charge in [0, 0.05) is 23.9 Å². The van der Waals surface area contributed by atoms with Crippen LogP contribution in [0.1, 0.15) is 43.1 Å². The van der Waals surface area contributed by atoms with Crippen molar-refractivity contribution in [1.82, 2.24) is 4.57 Å². The first kappa shape index (κ1) is 15.4. The third-order valence-electron chi connectivity index (χ3n) is 3.63. The number of aryl methyl sites for hydroxylation is 1. The highest BCUT2D eigenvalue weighted by atomic mass is 35.7. The number of nitrogens with zero attached hydrogens (tertiary/aromatic N) is 1. The van der Waals surface area contributed by atoms with Crippen molar-refractivity contribution >= 4 is 25.7 Å². The van der Waals surface area contributed by atoms with Crippen molar-refractivity contribution in [3.8, 4) is 0 Å². The summed E-state index contributed by atoms with van der Waals surface area (Å²) in [6, 6.07) is 1.25. The van der Waals surface area contributed by atoms with Gasteiger partial charge in [0.2, 0.25) is 0 Å². The Hall–Kier alpha value is -1.01. The van der Waals surface area contributed by atoms with Crippen molar-refractivity contribution in [2.45, 2.75) is 43.6 Å². The molecule has 7 heteroatoms. The second-order valence-electron chi connectivity index (χ2n) is 5.41. The minimum Gasteiger partial charge on any atom is -0.458 e. The van der Waals surface area contributed by atoms with E-state index in [1.165, 1.54) is 16.8 Å². The van der Waals surface area contributed by atoms with Gasteiger partial charge in [-0.15, -0.1) is 0 Å². The second-order valence-corrected chi connectivity index (χ2v) is 7.97. The van der Waals surface area contributed by atoms with Crippen molar-refractivity contribution in [2.24, 2.45) is 13.0 Å². The maximum atomic E-state index is 12.1. The molecule has 2 unspecified atom stereocenters. The average Bonchev–Trinajstić information content (AvgIpc) is 2.71. The largest absolute Gasteiger partial charge is 0.458 e. The first-order valence-corrected chi connectivity index (χ1v) is 8.90. The van der Waals surface area contributed by atoms with Crippen LogP contribution in [0.25, 0.3) is 0 Å². The smallest absolute Gasteiger partial charge is 0.355 e. The number of ether oxygens (including phenoxy) is 1. The van der Waals surface area contributed by atoms with E-state index in [9.17, 15) is 13.2 Å². The van der Waals surface area contributed by atoms with E-state index in [2.05, 4.69) is 6.92 Å². The zero-order valence-corrected chi connectivity index (χ0v) is 13.1. The Labute approximate surface area is 123 Å². The van der Waals surface area contributed by atoms with E-state index >= 15 is 0 Å². The summed E-state index contributed by atoms with van der Waals surface area (Å²) >= 11 is 0. The summed E-state index contributed by atoms with van der Waals surface area (Å²) in [6.07, 6.45) is 5.15. The molecule has 2 atom stereocenters. The van der Waals surface area contributed by atoms with E-state index < -0.39 is 15.0 Å². The lowest BCUT2D eigenvalue weighted by molar-refractivity contribution is 0.0145. The highest BCUT2D eigenvalue weighted by molar-refractivity contribution is 8.13. The Bertz CT molecular complexity index is 608. The molecule has 0 radical (unpaired) electrons. The maximum absolute atomic E-state index is 12.1. The lowest BCUT2D eigenvalue weighted by Crippen LogP contribution is -2.25. The molecule has 5 nitrogen and oxygen atoms in total. The molecule has 1 aliphatic carbocycles. The molecule has 0 spiro atoms. The first-order chi connectivity index (χ1) is 9.27. The number of aromatic nitrogens is 1. The number of hydrogen-bond donors (Lipinski definition) is 0. The molecule has 1 aromatic rings. The Kier molecular flexibility index (Phi) is 4.44. The fraction of sp³-hybridized carbons (Fsp3) is 0.615. The molecule has 0 amide bonds. The Morgan fingerprint density at radius 2 is 2.15 bits per heavy atom. The van der Waals surface area contributed by atoms with Crippen LogP contribution in [0.4, 0.5) is 0 Å². The monoisotopic (exact) mass is 319 g/mol. The van der Waals surface area contributed by atoms with Crippen molar-refractivity contribution in [2.75, 3.05) is 0 Å². The molecule has 2 rings (SSSR count). The van der Waals surface area contributed by atoms with Crippen LogP contribution in [0.2, 0.25) is 0 Å². The van der Waals surface area contributed by atoms with E-state index in [4.69, 9.17) is 15.4 Å². The van der Waals surface area contributed by atoms with Crippen molar-refractivity contribution in [3.05, 3.63) is 18.0 Å². The second kappa shape index (κ2) is 5.77. The van der Waals surface area contributed by atoms with Gasteiger partial charge in [0.25, 0.3) is 9.05 Å². The van der Waals surface area contributed by atoms with E-state index in [-0.39, 0.29) is 16.7 Å². The summed E-state index contributed by atoms with van der Waals surface area (Å²) < 4.78 is 29.4. The van der Waals surface area contributed by atoms with Crippen LogP contribution >= 0.6 is 10.7 Å². The van der Waals surface area contributed by atoms with Gasteiger partial charge >= 0.3 is 5.97 Å². The van der Waals surface area contributed by atoms with Gasteiger partial charge in [-0.3, -0.25) is 0 Å². The van der Waals surface area contributed by atoms with Gasteiger partial charge < -0.3 is 9.30 Å². The number of esters is 1. The summed E-state index contributed by atoms with van der Waals surface area (Å²) in [5.41, 5.74) is 0.197. The SMILES string of the molecule is CC1CCCC(OC(=O)c2cc(S(=O)(=O)Cl)cn2C)C1. The molecule has 1 saturated carbocycles. The zero-order valence-electron chi connectivity index (χ0n) is 11.5. The fourth-order valence-corrected chi connectivity index (χ4v) is 3.36. The molecular weight excluding hydrogens is 302 g/mol. The van der Waals surface area contributed by atoms with Gasteiger partial charge in [-0.1, -0.05) is 13.3 Å². The Morgan fingerprint density at radius 3 is 2.70 bits per heavy atom. The number of rotatable bonds is 3. The number of carbonyl (C=O) groups is 1. The standard InChI is InChI=1S/C13H18ClNO4S/c1-9-4-3-5-10(6-9)19-13(16)12-7-11(8-15(12)2)20(14,17)18/h7-10H,3-6H2,1-2H3. The highest BCUT2D eigenvalue weighted by Gasteiger charge is 2.25. The molecule has 1 heterocycles. The maximum Gasteiger partial charge on any atom is 0.355 e. The lowest BCUT2D eigenvalue weighted by Gasteiger charge is -2.26. The van der Waals surface area contributed by atoms with Crippen LogP contribution in [-0.2, 0) is 20.8 Å². The number of hydrogen-bond acceptors (Lipinski definition) is 4. The topological polar surface area (TPSA) is 65.4 Å². The number of carbonyl (C=O) groups excluding carboxylic acids is 1. The third-order valence-corrected chi connectivity index (χ3v) is 4.95. The molecule has 0 bridgehead atoms. The van der Waals surface area contributed by atoms with Gasteiger partial charge in [0.15, 0.2) is 0 Å². The van der Waals surface area contributed by atoms with Gasteiger partial charge in [0.05, 0.1) is 0 Å². The van der Waals surface area contributed by atoms with E-state index in [1.54, 1.807) is 7.05 Å². The Balaban J connectivity index is 2.11. The summed E-state index contributed by atoms with van der Waals surface area (Å²) in [4.78, 5) is 12.0. The van der Waals surface area contributed by atoms with Crippen LogP contribution in [0, 0.1) is 5.92 Å². The first-order valence-electron chi connectivity index (χ1n) is 6.59. The molecule has 1 aromatic heterocycles. The normalized spacial score (nSPS) is 23.6. The number of halogens is 1. The molecule has 0 aliphatic heterocycles. The molecule has 1 aliphatic rings. The van der Waals surface area contributed by atoms with E-state index in [0.29, 0.717) is 5.92 Å². The molecule has 0 N–H and O–H groups in total. The molecule has 0 aromatic carbocycles. The van der Waals surface area contributed by atoms with Crippen LogP contribution in [0.5, 0.6) is 0 Å². The molecule has 1 fully saturated rings. The zero-order chi connectivity index (χ0) is 14.9. The Morgan fingerprint density at radius 1 is 1.45 bits per heavy atom.